The maximum absolute atomic E-state index is 3.21. The Morgan fingerprint density at radius 2 is 1.36 bits per heavy atom. The zero-order valence-electron chi connectivity index (χ0n) is 7.61. The summed E-state index contributed by atoms with van der Waals surface area (Å²) >= 11 is 0. The molecule has 80 valence electrons. The first-order valence-electron chi connectivity index (χ1n) is 3.22. The summed E-state index contributed by atoms with van der Waals surface area (Å²) in [6.45, 7) is 3.08. The second-order valence-electron chi connectivity index (χ2n) is 1.90. The number of nitrogens with one attached hydrogen (secondary N) is 1. The van der Waals surface area contributed by atoms with Crippen LogP contribution in [0, 0.1) is 0 Å². The Labute approximate surface area is 175 Å². The Bertz CT molecular complexity index is 174. The van der Waals surface area contributed by atoms with E-state index in [0.29, 0.717) is 0 Å². The number of anilines is 1. The quantitative estimate of drug-likeness (QED) is 0.231. The summed E-state index contributed by atoms with van der Waals surface area (Å²) in [6.07, 6.45) is 0. The molecule has 0 unspecified atom stereocenters. The predicted octanol–water partition coefficient (Wildman–Crippen LogP) is -10.2. The maximum Gasteiger partial charge on any atom is 4.00 e. The average Bonchev–Trinajstić information content (AvgIpc) is 1.91. The van der Waals surface area contributed by atoms with Crippen molar-refractivity contribution in [3.8, 4) is 0 Å². The van der Waals surface area contributed by atoms with Gasteiger partial charge in [-0.1, -0.05) is 18.2 Å². The summed E-state index contributed by atoms with van der Waals surface area (Å²) in [4.78, 5) is 0. The van der Waals surface area contributed by atoms with Crippen LogP contribution < -0.4 is 101 Å². The Kier molecular flexibility index (Phi) is 45.6. The van der Waals surface area contributed by atoms with Crippen molar-refractivity contribution in [2.45, 2.75) is 6.92 Å². The fraction of sp³-hybridized carbons (Fsp3) is 0.250. The second-order valence-corrected chi connectivity index (χ2v) is 1.90. The van der Waals surface area contributed by atoms with Gasteiger partial charge in [0.05, 0.1) is 0 Å². The van der Waals surface area contributed by atoms with Crippen LogP contribution in [0.15, 0.2) is 30.3 Å². The molecule has 6 heteroatoms. The molecule has 1 aromatic carbocycles. The molecule has 0 saturated heterocycles. The molecule has 0 amide bonds. The van der Waals surface area contributed by atoms with Crippen molar-refractivity contribution in [2.75, 3.05) is 11.9 Å². The fourth-order valence-electron chi connectivity index (χ4n) is 0.760. The third kappa shape index (κ3) is 14.9. The van der Waals surface area contributed by atoms with Crippen LogP contribution in [-0.4, -0.2) is 33.8 Å². The van der Waals surface area contributed by atoms with Gasteiger partial charge in [-0.3, -0.25) is 0 Å². The van der Waals surface area contributed by atoms with Crippen LogP contribution in [-0.2, 0) is 0 Å². The second kappa shape index (κ2) is 21.2. The van der Waals surface area contributed by atoms with E-state index in [4.69, 9.17) is 0 Å². The molecule has 0 aliphatic rings. The predicted molar refractivity (Wildman–Crippen MR) is 46.4 cm³/mol. The number of benzene rings is 1. The van der Waals surface area contributed by atoms with Crippen molar-refractivity contribution < 1.29 is 95.9 Å². The summed E-state index contributed by atoms with van der Waals surface area (Å²) in [7, 11) is 0. The van der Waals surface area contributed by atoms with E-state index in [1.807, 2.05) is 18.2 Å². The molecule has 0 bridgehead atoms. The van der Waals surface area contributed by atoms with Crippen LogP contribution in [0.2, 0.25) is 0 Å². The summed E-state index contributed by atoms with van der Waals surface area (Å²) in [5.41, 5.74) is 1.19. The van der Waals surface area contributed by atoms with Crippen LogP contribution in [0.4, 0.5) is 5.69 Å². The molecule has 1 aromatic rings. The van der Waals surface area contributed by atoms with E-state index in [1.165, 1.54) is 5.69 Å². The first kappa shape index (κ1) is 30.2. The molecule has 1 rings (SSSR count). The van der Waals surface area contributed by atoms with E-state index in [9.17, 15) is 0 Å². The van der Waals surface area contributed by atoms with Gasteiger partial charge in [0.15, 0.2) is 0 Å². The Hall–Kier alpha value is 2.86. The minimum atomic E-state index is 0. The number of hydrogen-bond acceptors (Lipinski definition) is 1. The van der Waals surface area contributed by atoms with Gasteiger partial charge in [-0.05, 0) is 19.1 Å². The minimum absolute atomic E-state index is 0. The van der Waals surface area contributed by atoms with Gasteiger partial charge in [0, 0.05) is 12.2 Å². The van der Waals surface area contributed by atoms with E-state index >= 15 is 0 Å². The van der Waals surface area contributed by atoms with E-state index < -0.39 is 0 Å². The van der Waals surface area contributed by atoms with Gasteiger partial charge in [-0.25, -0.2) is 0 Å². The van der Waals surface area contributed by atoms with Gasteiger partial charge in [0.1, 0.15) is 0 Å². The average molecular weight is 836 g/mol. The molecule has 0 atom stereocenters. The van der Waals surface area contributed by atoms with E-state index in [0.717, 1.165) is 6.54 Å². The summed E-state index contributed by atoms with van der Waals surface area (Å²) in [5, 5.41) is 3.21. The van der Waals surface area contributed by atoms with Gasteiger partial charge in [0.2, 0.25) is 0 Å². The maximum atomic E-state index is 3.21. The summed E-state index contributed by atoms with van der Waals surface area (Å²) in [6, 6.07) is 10.2. The molecule has 0 saturated carbocycles. The van der Waals surface area contributed by atoms with Gasteiger partial charge in [-0.2, -0.15) is 0 Å². The van der Waals surface area contributed by atoms with Crippen LogP contribution in [0.25, 0.3) is 0 Å². The van der Waals surface area contributed by atoms with E-state index in [-0.39, 0.29) is 123 Å². The van der Waals surface area contributed by atoms with Gasteiger partial charge < -0.3 is 101 Å². The van der Waals surface area contributed by atoms with Crippen molar-refractivity contribution in [3.63, 3.8) is 0 Å². The molecule has 14 heavy (non-hydrogen) atoms. The Morgan fingerprint density at radius 3 is 1.71 bits per heavy atom. The smallest absolute Gasteiger partial charge is 1.00 e. The van der Waals surface area contributed by atoms with Crippen LogP contribution in [0.3, 0.4) is 0 Å². The van der Waals surface area contributed by atoms with Gasteiger partial charge in [-0.15, -0.1) is 0 Å². The first-order chi connectivity index (χ1) is 4.43. The third-order valence-electron chi connectivity index (χ3n) is 1.15. The molecule has 0 radical (unpaired) electrons. The standard InChI is InChI=1S/C8H11N.4HI.Pb/c1-2-9-8-6-4-3-5-7-8;;;;;/h3-7,9H,2H2,1H3;4*1H;/q;;;;;+4/p-4. The molecular formula is C8H11I4NPb. The van der Waals surface area contributed by atoms with Crippen molar-refractivity contribution in [1.82, 2.24) is 0 Å². The van der Waals surface area contributed by atoms with Crippen LogP contribution >= 0.6 is 0 Å². The van der Waals surface area contributed by atoms with Crippen molar-refractivity contribution in [3.05, 3.63) is 30.3 Å². The Balaban J connectivity index is -0.0000000540. The normalized spacial score (nSPS) is 5.79. The molecule has 0 aliphatic heterocycles. The molecular weight excluding hydrogens is 825 g/mol. The van der Waals surface area contributed by atoms with E-state index in [2.05, 4.69) is 24.4 Å². The summed E-state index contributed by atoms with van der Waals surface area (Å²) in [5.74, 6) is 0. The van der Waals surface area contributed by atoms with Crippen LogP contribution in [0.5, 0.6) is 0 Å². The summed E-state index contributed by atoms with van der Waals surface area (Å²) < 4.78 is 0. The zero-order chi connectivity index (χ0) is 6.53. The topological polar surface area (TPSA) is 12.0 Å². The molecule has 0 spiro atoms. The molecule has 1 N–H and O–H groups in total. The number of rotatable bonds is 2. The van der Waals surface area contributed by atoms with Crippen molar-refractivity contribution in [1.29, 1.82) is 0 Å². The molecule has 0 heterocycles. The largest absolute Gasteiger partial charge is 4.00 e. The SMILES string of the molecule is CCNc1ccccc1.[I-].[I-].[I-].[I-].[Pb+4]. The molecule has 1 nitrogen and oxygen atoms in total. The number of halogens is 4. The van der Waals surface area contributed by atoms with E-state index in [1.54, 1.807) is 0 Å². The number of hydrogen-bond donors (Lipinski definition) is 1. The number of para-hydroxylation sites is 1. The molecule has 0 aromatic heterocycles. The minimum Gasteiger partial charge on any atom is -1.00 e. The first-order valence-corrected chi connectivity index (χ1v) is 3.22. The monoisotopic (exact) mass is 837 g/mol. The Morgan fingerprint density at radius 1 is 0.929 bits per heavy atom. The van der Waals surface area contributed by atoms with Crippen molar-refractivity contribution in [2.24, 2.45) is 0 Å². The van der Waals surface area contributed by atoms with Gasteiger partial charge in [0.25, 0.3) is 0 Å². The zero-order valence-corrected chi connectivity index (χ0v) is 20.1. The third-order valence-corrected chi connectivity index (χ3v) is 1.15. The fourth-order valence-corrected chi connectivity index (χ4v) is 0.760. The molecule has 0 aliphatic carbocycles. The van der Waals surface area contributed by atoms with Crippen molar-refractivity contribution >= 4 is 33.0 Å². The van der Waals surface area contributed by atoms with Gasteiger partial charge >= 0.3 is 27.3 Å². The molecule has 0 fully saturated rings. The van der Waals surface area contributed by atoms with Crippen LogP contribution in [0.1, 0.15) is 6.92 Å².